The van der Waals surface area contributed by atoms with Crippen LogP contribution in [0.25, 0.3) is 0 Å². The Labute approximate surface area is 233 Å². The minimum absolute atomic E-state index is 0.144. The van der Waals surface area contributed by atoms with Gasteiger partial charge in [0.2, 0.25) is 0 Å². The number of alkyl halides is 3. The van der Waals surface area contributed by atoms with Crippen molar-refractivity contribution in [2.24, 2.45) is 4.99 Å². The minimum atomic E-state index is -4.40. The van der Waals surface area contributed by atoms with Crippen molar-refractivity contribution in [1.29, 1.82) is 0 Å². The lowest BCUT2D eigenvalue weighted by molar-refractivity contribution is -0.138. The number of aromatic nitrogens is 1. The fourth-order valence-electron chi connectivity index (χ4n) is 4.01. The summed E-state index contributed by atoms with van der Waals surface area (Å²) in [6, 6.07) is 15.0. The van der Waals surface area contributed by atoms with Crippen LogP contribution in [-0.4, -0.2) is 17.9 Å². The number of aliphatic imine (C=N–C) groups is 1. The van der Waals surface area contributed by atoms with Crippen LogP contribution in [0.5, 0.6) is 0 Å². The molecule has 0 aliphatic carbocycles. The van der Waals surface area contributed by atoms with Crippen LogP contribution in [0, 0.1) is 27.7 Å². The number of para-hydroxylation sites is 1. The lowest BCUT2D eigenvalue weighted by atomic mass is 10.0. The molecule has 1 atom stereocenters. The summed E-state index contributed by atoms with van der Waals surface area (Å²) in [7, 11) is 1.61. The molecular formula is C32H45F3N4. The van der Waals surface area contributed by atoms with E-state index >= 15 is 0 Å². The van der Waals surface area contributed by atoms with E-state index < -0.39 is 17.9 Å². The Bertz CT molecular complexity index is 1160. The predicted molar refractivity (Wildman–Crippen MR) is 160 cm³/mol. The fraction of sp³-hybridized carbons (Fsp3) is 0.438. The van der Waals surface area contributed by atoms with Gasteiger partial charge in [-0.15, -0.1) is 0 Å². The molecular weight excluding hydrogens is 497 g/mol. The summed E-state index contributed by atoms with van der Waals surface area (Å²) in [5.74, 6) is 0.566. The minimum Gasteiger partial charge on any atom is -0.361 e. The predicted octanol–water partition coefficient (Wildman–Crippen LogP) is 9.33. The van der Waals surface area contributed by atoms with Crippen LogP contribution < -0.4 is 10.6 Å². The number of rotatable bonds is 3. The summed E-state index contributed by atoms with van der Waals surface area (Å²) in [5.41, 5.74) is 5.99. The van der Waals surface area contributed by atoms with Gasteiger partial charge in [0.1, 0.15) is 12.0 Å². The molecule has 2 aromatic carbocycles. The van der Waals surface area contributed by atoms with Crippen LogP contribution in [0.1, 0.15) is 92.3 Å². The zero-order chi connectivity index (χ0) is 29.6. The molecule has 1 aliphatic heterocycles. The average molecular weight is 543 g/mol. The lowest BCUT2D eigenvalue weighted by Crippen LogP contribution is -2.39. The van der Waals surface area contributed by atoms with E-state index in [-0.39, 0.29) is 5.56 Å². The zero-order valence-electron chi connectivity index (χ0n) is 24.9. The standard InChI is InChI=1S/C16H14F3N3.C9H13N.C5H12.C2H6/c1-20-14-11-7-3-5-9-13(11)21-15(22-14)10-6-2-4-8-12(10)16(17,18)19;1-6-5-7(2)10-9(4)8(6)3;1-3-5-4-2;1-2/h2-9,15,21H,1H3,(H,20,22);5H,1-4H3;3-5H2,1-2H3;1-2H3. The van der Waals surface area contributed by atoms with Gasteiger partial charge < -0.3 is 10.6 Å². The van der Waals surface area contributed by atoms with Crippen LogP contribution in [0.15, 0.2) is 59.6 Å². The molecule has 4 rings (SSSR count). The summed E-state index contributed by atoms with van der Waals surface area (Å²) >= 11 is 0. The maximum atomic E-state index is 13.2. The number of hydrogen-bond acceptors (Lipinski definition) is 3. The van der Waals surface area contributed by atoms with E-state index in [4.69, 9.17) is 0 Å². The van der Waals surface area contributed by atoms with E-state index in [2.05, 4.69) is 61.3 Å². The Morgan fingerprint density at radius 1 is 0.872 bits per heavy atom. The molecule has 3 aromatic rings. The van der Waals surface area contributed by atoms with E-state index in [0.717, 1.165) is 28.7 Å². The SMILES string of the molecule is CC.CCCCC.CN=C1NC(c2ccccc2C(F)(F)F)Nc2ccccc21.Cc1cc(C)c(C)c(C)n1. The van der Waals surface area contributed by atoms with Crippen LogP contribution in [-0.2, 0) is 6.18 Å². The normalized spacial score (nSPS) is 14.7. The van der Waals surface area contributed by atoms with Crippen LogP contribution in [0.2, 0.25) is 0 Å². The number of hydrogen-bond donors (Lipinski definition) is 2. The highest BCUT2D eigenvalue weighted by atomic mass is 19.4. The number of nitrogens with zero attached hydrogens (tertiary/aromatic N) is 2. The number of aryl methyl sites for hydroxylation is 3. The molecule has 39 heavy (non-hydrogen) atoms. The van der Waals surface area contributed by atoms with Crippen LogP contribution in [0.4, 0.5) is 18.9 Å². The summed E-state index contributed by atoms with van der Waals surface area (Å²) < 4.78 is 39.6. The Hall–Kier alpha value is -3.35. The second-order valence-electron chi connectivity index (χ2n) is 9.07. The van der Waals surface area contributed by atoms with Crippen molar-refractivity contribution in [1.82, 2.24) is 10.3 Å². The molecule has 0 saturated carbocycles. The van der Waals surface area contributed by atoms with E-state index in [0.29, 0.717) is 5.84 Å². The van der Waals surface area contributed by atoms with Gasteiger partial charge in [-0.2, -0.15) is 13.2 Å². The molecule has 0 fully saturated rings. The van der Waals surface area contributed by atoms with Crippen molar-refractivity contribution in [3.05, 3.63) is 93.8 Å². The number of unbranched alkanes of at least 4 members (excludes halogenated alkanes) is 2. The molecule has 2 heterocycles. The van der Waals surface area contributed by atoms with E-state index in [9.17, 15) is 13.2 Å². The summed E-state index contributed by atoms with van der Waals surface area (Å²) in [5, 5.41) is 6.13. The van der Waals surface area contributed by atoms with E-state index in [1.54, 1.807) is 13.1 Å². The van der Waals surface area contributed by atoms with Crippen molar-refractivity contribution < 1.29 is 13.2 Å². The van der Waals surface area contributed by atoms with E-state index in [1.807, 2.05) is 45.0 Å². The molecule has 7 heteroatoms. The molecule has 0 radical (unpaired) electrons. The highest BCUT2D eigenvalue weighted by Gasteiger charge is 2.36. The van der Waals surface area contributed by atoms with Gasteiger partial charge in [0.05, 0.1) is 5.56 Å². The Morgan fingerprint density at radius 2 is 1.46 bits per heavy atom. The van der Waals surface area contributed by atoms with Gasteiger partial charge in [0.25, 0.3) is 0 Å². The van der Waals surface area contributed by atoms with Gasteiger partial charge in [0.15, 0.2) is 0 Å². The molecule has 0 saturated heterocycles. The second kappa shape index (κ2) is 16.6. The molecule has 0 amide bonds. The zero-order valence-corrected chi connectivity index (χ0v) is 24.9. The monoisotopic (exact) mass is 542 g/mol. The first kappa shape index (κ1) is 33.7. The largest absolute Gasteiger partial charge is 0.416 e. The first-order valence-electron chi connectivity index (χ1n) is 13.7. The molecule has 1 unspecified atom stereocenters. The fourth-order valence-corrected chi connectivity index (χ4v) is 4.01. The smallest absolute Gasteiger partial charge is 0.361 e. The summed E-state index contributed by atoms with van der Waals surface area (Å²) in [4.78, 5) is 8.47. The number of anilines is 1. The first-order valence-corrected chi connectivity index (χ1v) is 13.7. The molecule has 0 bridgehead atoms. The Morgan fingerprint density at radius 3 is 2.00 bits per heavy atom. The van der Waals surface area contributed by atoms with Crippen molar-refractivity contribution in [3.8, 4) is 0 Å². The maximum absolute atomic E-state index is 13.2. The van der Waals surface area contributed by atoms with Gasteiger partial charge >= 0.3 is 6.18 Å². The quantitative estimate of drug-likeness (QED) is 0.347. The molecule has 0 spiro atoms. The number of amidine groups is 1. The highest BCUT2D eigenvalue weighted by Crippen LogP contribution is 2.36. The van der Waals surface area contributed by atoms with Gasteiger partial charge in [0, 0.05) is 35.2 Å². The molecule has 214 valence electrons. The van der Waals surface area contributed by atoms with Gasteiger partial charge in [-0.3, -0.25) is 9.98 Å². The van der Waals surface area contributed by atoms with Crippen molar-refractivity contribution in [3.63, 3.8) is 0 Å². The summed E-state index contributed by atoms with van der Waals surface area (Å²) in [6.45, 7) is 16.7. The third-order valence-electron chi connectivity index (χ3n) is 6.17. The van der Waals surface area contributed by atoms with Gasteiger partial charge in [-0.05, 0) is 63.1 Å². The number of pyridine rings is 1. The maximum Gasteiger partial charge on any atom is 0.416 e. The first-order chi connectivity index (χ1) is 18.5. The number of fused-ring (bicyclic) bond motifs is 1. The lowest BCUT2D eigenvalue weighted by Gasteiger charge is -2.31. The Balaban J connectivity index is 0.000000371. The van der Waals surface area contributed by atoms with Gasteiger partial charge in [-0.1, -0.05) is 77.3 Å². The van der Waals surface area contributed by atoms with Gasteiger partial charge in [-0.25, -0.2) is 0 Å². The van der Waals surface area contributed by atoms with E-state index in [1.165, 1.54) is 42.5 Å². The number of nitrogens with one attached hydrogen (secondary N) is 2. The van der Waals surface area contributed by atoms with Crippen molar-refractivity contribution in [2.75, 3.05) is 12.4 Å². The number of halogens is 3. The third kappa shape index (κ3) is 10.0. The summed E-state index contributed by atoms with van der Waals surface area (Å²) in [6.07, 6.45) is -1.01. The molecule has 4 nitrogen and oxygen atoms in total. The third-order valence-corrected chi connectivity index (χ3v) is 6.17. The second-order valence-corrected chi connectivity index (χ2v) is 9.07. The van der Waals surface area contributed by atoms with Crippen LogP contribution >= 0.6 is 0 Å². The van der Waals surface area contributed by atoms with Crippen LogP contribution in [0.3, 0.4) is 0 Å². The van der Waals surface area contributed by atoms with Crippen molar-refractivity contribution >= 4 is 11.5 Å². The topological polar surface area (TPSA) is 49.3 Å². The molecule has 2 N–H and O–H groups in total. The average Bonchev–Trinajstić information content (AvgIpc) is 2.93. The molecule has 1 aromatic heterocycles. The Kier molecular flexibility index (Phi) is 14.3. The molecule has 1 aliphatic rings. The highest BCUT2D eigenvalue weighted by molar-refractivity contribution is 6.05. The van der Waals surface area contributed by atoms with Crippen molar-refractivity contribution in [2.45, 2.75) is 87.0 Å². The number of benzene rings is 2.